The predicted molar refractivity (Wildman–Crippen MR) is 63.3 cm³/mol. The number of carbonyl (C=O) groups excluding carboxylic acids is 1. The molecule has 88 valence electrons. The van der Waals surface area contributed by atoms with Crippen molar-refractivity contribution in [3.05, 3.63) is 18.2 Å². The van der Waals surface area contributed by atoms with Gasteiger partial charge in [-0.3, -0.25) is 4.79 Å². The van der Waals surface area contributed by atoms with E-state index in [1.54, 1.807) is 6.20 Å². The first-order chi connectivity index (χ1) is 7.77. The quantitative estimate of drug-likeness (QED) is 0.580. The van der Waals surface area contributed by atoms with Gasteiger partial charge in [0.2, 0.25) is 0 Å². The van der Waals surface area contributed by atoms with Gasteiger partial charge >= 0.3 is 0 Å². The molecule has 16 heavy (non-hydrogen) atoms. The fourth-order valence-corrected chi connectivity index (χ4v) is 2.56. The van der Waals surface area contributed by atoms with Gasteiger partial charge in [0, 0.05) is 25.9 Å². The molecule has 0 atom stereocenters. The smallest absolute Gasteiger partial charge is 0.198 e. The molecule has 3 heteroatoms. The molecule has 1 fully saturated rings. The van der Waals surface area contributed by atoms with E-state index in [0.717, 1.165) is 0 Å². The van der Waals surface area contributed by atoms with Crippen LogP contribution < -0.4 is 0 Å². The van der Waals surface area contributed by atoms with Crippen molar-refractivity contribution in [3.63, 3.8) is 0 Å². The molecular weight excluding hydrogens is 200 g/mol. The molecule has 0 unspecified atom stereocenters. The second kappa shape index (κ2) is 5.28. The first kappa shape index (κ1) is 11.4. The third kappa shape index (κ3) is 2.71. The van der Waals surface area contributed by atoms with Gasteiger partial charge in [0.1, 0.15) is 0 Å². The molecule has 1 saturated carbocycles. The zero-order valence-electron chi connectivity index (χ0n) is 9.98. The van der Waals surface area contributed by atoms with Crippen LogP contribution in [0.5, 0.6) is 0 Å². The summed E-state index contributed by atoms with van der Waals surface area (Å²) in [5.74, 6) is 1.41. The van der Waals surface area contributed by atoms with E-state index in [2.05, 4.69) is 4.98 Å². The highest BCUT2D eigenvalue weighted by Gasteiger charge is 2.19. The van der Waals surface area contributed by atoms with Crippen LogP contribution in [0.2, 0.25) is 0 Å². The van der Waals surface area contributed by atoms with Gasteiger partial charge in [-0.05, 0) is 5.92 Å². The van der Waals surface area contributed by atoms with Crippen molar-refractivity contribution >= 4 is 5.78 Å². The highest BCUT2D eigenvalue weighted by atomic mass is 16.1. The number of hydrogen-bond donors (Lipinski definition) is 0. The molecular formula is C13H20N2O. The summed E-state index contributed by atoms with van der Waals surface area (Å²) in [6, 6.07) is 0. The Morgan fingerprint density at radius 3 is 2.62 bits per heavy atom. The molecule has 0 saturated heterocycles. The van der Waals surface area contributed by atoms with Crippen LogP contribution in [0.4, 0.5) is 0 Å². The number of nitrogens with zero attached hydrogens (tertiary/aromatic N) is 2. The topological polar surface area (TPSA) is 34.9 Å². The minimum absolute atomic E-state index is 0.208. The number of carbonyl (C=O) groups is 1. The summed E-state index contributed by atoms with van der Waals surface area (Å²) in [4.78, 5) is 16.1. The van der Waals surface area contributed by atoms with Gasteiger partial charge in [-0.1, -0.05) is 38.5 Å². The lowest BCUT2D eigenvalue weighted by Gasteiger charge is -2.12. The van der Waals surface area contributed by atoms with E-state index in [4.69, 9.17) is 0 Å². The fourth-order valence-electron chi connectivity index (χ4n) is 2.56. The summed E-state index contributed by atoms with van der Waals surface area (Å²) in [5, 5.41) is 0. The summed E-state index contributed by atoms with van der Waals surface area (Å²) in [7, 11) is 1.88. The van der Waals surface area contributed by atoms with E-state index in [-0.39, 0.29) is 5.78 Å². The zero-order valence-corrected chi connectivity index (χ0v) is 9.98. The van der Waals surface area contributed by atoms with Gasteiger partial charge in [0.05, 0.1) is 0 Å². The molecule has 1 aromatic rings. The minimum atomic E-state index is 0.208. The second-order valence-electron chi connectivity index (χ2n) is 4.85. The lowest BCUT2D eigenvalue weighted by atomic mass is 9.94. The fraction of sp³-hybridized carbons (Fsp3) is 0.692. The molecule has 3 nitrogen and oxygen atoms in total. The van der Waals surface area contributed by atoms with E-state index < -0.39 is 0 Å². The summed E-state index contributed by atoms with van der Waals surface area (Å²) in [6.45, 7) is 0. The minimum Gasteiger partial charge on any atom is -0.332 e. The van der Waals surface area contributed by atoms with Crippen molar-refractivity contribution in [2.75, 3.05) is 0 Å². The SMILES string of the molecule is Cn1ccnc1C(=O)CC1CCCCCC1. The molecule has 1 aliphatic rings. The van der Waals surface area contributed by atoms with Gasteiger partial charge < -0.3 is 4.57 Å². The average Bonchev–Trinajstić information content (AvgIpc) is 2.53. The molecule has 0 spiro atoms. The lowest BCUT2D eigenvalue weighted by molar-refractivity contribution is 0.0943. The molecule has 1 aliphatic carbocycles. The van der Waals surface area contributed by atoms with E-state index in [1.807, 2.05) is 17.8 Å². The highest BCUT2D eigenvalue weighted by molar-refractivity contribution is 5.92. The molecule has 0 radical (unpaired) electrons. The lowest BCUT2D eigenvalue weighted by Crippen LogP contribution is -2.12. The Morgan fingerprint density at radius 1 is 1.38 bits per heavy atom. The summed E-state index contributed by atoms with van der Waals surface area (Å²) in [6.07, 6.45) is 11.9. The van der Waals surface area contributed by atoms with Crippen LogP contribution >= 0.6 is 0 Å². The molecule has 2 rings (SSSR count). The number of imidazole rings is 1. The van der Waals surface area contributed by atoms with Crippen LogP contribution in [0.25, 0.3) is 0 Å². The van der Waals surface area contributed by atoms with Gasteiger partial charge in [0.15, 0.2) is 11.6 Å². The summed E-state index contributed by atoms with van der Waals surface area (Å²) in [5.41, 5.74) is 0. The van der Waals surface area contributed by atoms with E-state index in [0.29, 0.717) is 18.2 Å². The average molecular weight is 220 g/mol. The summed E-state index contributed by atoms with van der Waals surface area (Å²) < 4.78 is 1.82. The van der Waals surface area contributed by atoms with Crippen LogP contribution in [-0.4, -0.2) is 15.3 Å². The third-order valence-electron chi connectivity index (χ3n) is 3.52. The van der Waals surface area contributed by atoms with Crippen LogP contribution in [-0.2, 0) is 7.05 Å². The number of rotatable bonds is 3. The maximum absolute atomic E-state index is 12.0. The molecule has 0 aromatic carbocycles. The number of aromatic nitrogens is 2. The largest absolute Gasteiger partial charge is 0.332 e. The molecule has 1 heterocycles. The Hall–Kier alpha value is -1.12. The van der Waals surface area contributed by atoms with Crippen molar-refractivity contribution < 1.29 is 4.79 Å². The molecule has 0 N–H and O–H groups in total. The third-order valence-corrected chi connectivity index (χ3v) is 3.52. The monoisotopic (exact) mass is 220 g/mol. The van der Waals surface area contributed by atoms with Gasteiger partial charge in [-0.15, -0.1) is 0 Å². The van der Waals surface area contributed by atoms with Crippen molar-refractivity contribution in [2.45, 2.75) is 44.9 Å². The van der Waals surface area contributed by atoms with Crippen LogP contribution in [0.15, 0.2) is 12.4 Å². The Kier molecular flexibility index (Phi) is 3.75. The summed E-state index contributed by atoms with van der Waals surface area (Å²) >= 11 is 0. The van der Waals surface area contributed by atoms with E-state index in [9.17, 15) is 4.79 Å². The van der Waals surface area contributed by atoms with Gasteiger partial charge in [0.25, 0.3) is 0 Å². The number of ketones is 1. The number of aryl methyl sites for hydroxylation is 1. The Balaban J connectivity index is 1.93. The first-order valence-corrected chi connectivity index (χ1v) is 6.28. The molecule has 0 bridgehead atoms. The zero-order chi connectivity index (χ0) is 11.4. The highest BCUT2D eigenvalue weighted by Crippen LogP contribution is 2.26. The predicted octanol–water partition coefficient (Wildman–Crippen LogP) is 2.96. The van der Waals surface area contributed by atoms with E-state index in [1.165, 1.54) is 38.5 Å². The maximum atomic E-state index is 12.0. The van der Waals surface area contributed by atoms with Gasteiger partial charge in [-0.25, -0.2) is 4.98 Å². The van der Waals surface area contributed by atoms with Crippen LogP contribution in [0, 0.1) is 5.92 Å². The van der Waals surface area contributed by atoms with Crippen molar-refractivity contribution in [3.8, 4) is 0 Å². The van der Waals surface area contributed by atoms with Crippen molar-refractivity contribution in [1.29, 1.82) is 0 Å². The molecule has 0 aliphatic heterocycles. The van der Waals surface area contributed by atoms with Gasteiger partial charge in [-0.2, -0.15) is 0 Å². The maximum Gasteiger partial charge on any atom is 0.198 e. The Labute approximate surface area is 96.9 Å². The second-order valence-corrected chi connectivity index (χ2v) is 4.85. The number of Topliss-reactive ketones (excluding diaryl/α,β-unsaturated/α-hetero) is 1. The van der Waals surface area contributed by atoms with E-state index >= 15 is 0 Å². The van der Waals surface area contributed by atoms with Crippen LogP contribution in [0.3, 0.4) is 0 Å². The normalized spacial score (nSPS) is 18.3. The standard InChI is InChI=1S/C13H20N2O/c1-15-9-8-14-13(15)12(16)10-11-6-4-2-3-5-7-11/h8-9,11H,2-7,10H2,1H3. The van der Waals surface area contributed by atoms with Crippen molar-refractivity contribution in [1.82, 2.24) is 9.55 Å². The number of hydrogen-bond acceptors (Lipinski definition) is 2. The van der Waals surface area contributed by atoms with Crippen LogP contribution in [0.1, 0.15) is 55.6 Å². The molecule has 0 amide bonds. The Morgan fingerprint density at radius 2 is 2.06 bits per heavy atom. The Bertz CT molecular complexity index is 349. The van der Waals surface area contributed by atoms with Crippen molar-refractivity contribution in [2.24, 2.45) is 13.0 Å². The first-order valence-electron chi connectivity index (χ1n) is 6.28. The molecule has 1 aromatic heterocycles.